The first kappa shape index (κ1) is 15.7. The summed E-state index contributed by atoms with van der Waals surface area (Å²) < 4.78 is 10.9. The fourth-order valence-corrected chi connectivity index (χ4v) is 1.70. The Morgan fingerprint density at radius 3 is 1.95 bits per heavy atom. The normalized spacial score (nSPS) is 10.9. The molecule has 0 aliphatic heterocycles. The van der Waals surface area contributed by atoms with Crippen LogP contribution in [0.2, 0.25) is 0 Å². The highest BCUT2D eigenvalue weighted by molar-refractivity contribution is 5.84. The lowest BCUT2D eigenvalue weighted by atomic mass is 10.2. The van der Waals surface area contributed by atoms with Crippen molar-refractivity contribution in [1.29, 1.82) is 0 Å². The number of benzene rings is 2. The molecule has 22 heavy (non-hydrogen) atoms. The van der Waals surface area contributed by atoms with E-state index >= 15 is 0 Å². The van der Waals surface area contributed by atoms with Crippen molar-refractivity contribution in [3.8, 4) is 11.5 Å². The summed E-state index contributed by atoms with van der Waals surface area (Å²) in [6.07, 6.45) is -0.486. The Hall–Kier alpha value is -2.69. The standard InChI is InChI=1S/C17H20N2O3/c1-17(2,3)22-16(20)19-13-6-10-15(11-7-13)21-14-8-4-12(18)5-9-14/h4-11H,18H2,1-3H3,(H,19,20). The van der Waals surface area contributed by atoms with E-state index < -0.39 is 11.7 Å². The Morgan fingerprint density at radius 1 is 0.955 bits per heavy atom. The van der Waals surface area contributed by atoms with Gasteiger partial charge in [0.1, 0.15) is 17.1 Å². The van der Waals surface area contributed by atoms with Crippen molar-refractivity contribution in [3.05, 3.63) is 48.5 Å². The summed E-state index contributed by atoms with van der Waals surface area (Å²) in [5.41, 5.74) is 6.42. The van der Waals surface area contributed by atoms with E-state index in [1.54, 1.807) is 48.5 Å². The maximum Gasteiger partial charge on any atom is 0.412 e. The summed E-state index contributed by atoms with van der Waals surface area (Å²) in [6.45, 7) is 5.45. The first-order chi connectivity index (χ1) is 10.3. The Balaban J connectivity index is 1.95. The number of anilines is 2. The van der Waals surface area contributed by atoms with Crippen molar-refractivity contribution in [2.24, 2.45) is 0 Å². The third-order valence-corrected chi connectivity index (χ3v) is 2.62. The number of hydrogen-bond donors (Lipinski definition) is 2. The lowest BCUT2D eigenvalue weighted by Gasteiger charge is -2.19. The zero-order chi connectivity index (χ0) is 16.2. The third-order valence-electron chi connectivity index (χ3n) is 2.62. The fraction of sp³-hybridized carbons (Fsp3) is 0.235. The van der Waals surface area contributed by atoms with Crippen molar-refractivity contribution in [2.45, 2.75) is 26.4 Å². The van der Waals surface area contributed by atoms with Crippen LogP contribution in [-0.4, -0.2) is 11.7 Å². The molecule has 5 nitrogen and oxygen atoms in total. The number of nitrogens with two attached hydrogens (primary N) is 1. The molecule has 0 heterocycles. The number of nitrogens with one attached hydrogen (secondary N) is 1. The van der Waals surface area contributed by atoms with Gasteiger partial charge in [-0.1, -0.05) is 0 Å². The molecule has 2 rings (SSSR count). The van der Waals surface area contributed by atoms with Gasteiger partial charge in [-0.2, -0.15) is 0 Å². The second-order valence-corrected chi connectivity index (χ2v) is 5.82. The lowest BCUT2D eigenvalue weighted by Crippen LogP contribution is -2.27. The predicted octanol–water partition coefficient (Wildman–Crippen LogP) is 4.41. The largest absolute Gasteiger partial charge is 0.457 e. The Kier molecular flexibility index (Phi) is 4.56. The highest BCUT2D eigenvalue weighted by Crippen LogP contribution is 2.24. The minimum Gasteiger partial charge on any atom is -0.457 e. The van der Waals surface area contributed by atoms with E-state index in [9.17, 15) is 4.79 Å². The van der Waals surface area contributed by atoms with Gasteiger partial charge < -0.3 is 15.2 Å². The van der Waals surface area contributed by atoms with Crippen LogP contribution in [0, 0.1) is 0 Å². The molecular weight excluding hydrogens is 280 g/mol. The number of carbonyl (C=O) groups is 1. The first-order valence-corrected chi connectivity index (χ1v) is 6.95. The minimum atomic E-state index is -0.526. The highest BCUT2D eigenvalue weighted by atomic mass is 16.6. The molecule has 3 N–H and O–H groups in total. The van der Waals surface area contributed by atoms with Gasteiger partial charge in [0, 0.05) is 11.4 Å². The summed E-state index contributed by atoms with van der Waals surface area (Å²) in [6, 6.07) is 14.2. The average Bonchev–Trinajstić information content (AvgIpc) is 2.41. The molecule has 0 saturated carbocycles. The zero-order valence-corrected chi connectivity index (χ0v) is 12.9. The van der Waals surface area contributed by atoms with Crippen LogP contribution in [0.1, 0.15) is 20.8 Å². The maximum atomic E-state index is 11.7. The molecule has 0 atom stereocenters. The Labute approximate surface area is 130 Å². The van der Waals surface area contributed by atoms with Gasteiger partial charge >= 0.3 is 6.09 Å². The van der Waals surface area contributed by atoms with Crippen LogP contribution in [-0.2, 0) is 4.74 Å². The van der Waals surface area contributed by atoms with Crippen molar-refractivity contribution in [1.82, 2.24) is 0 Å². The monoisotopic (exact) mass is 300 g/mol. The number of ether oxygens (including phenoxy) is 2. The van der Waals surface area contributed by atoms with Crippen molar-refractivity contribution in [3.63, 3.8) is 0 Å². The van der Waals surface area contributed by atoms with Crippen molar-refractivity contribution < 1.29 is 14.3 Å². The molecule has 116 valence electrons. The molecule has 0 radical (unpaired) electrons. The minimum absolute atomic E-state index is 0.486. The van der Waals surface area contributed by atoms with E-state index in [0.717, 1.165) is 0 Å². The smallest absolute Gasteiger partial charge is 0.412 e. The average molecular weight is 300 g/mol. The van der Waals surface area contributed by atoms with Gasteiger partial charge in [-0.15, -0.1) is 0 Å². The quantitative estimate of drug-likeness (QED) is 0.823. The van der Waals surface area contributed by atoms with E-state index in [1.807, 2.05) is 20.8 Å². The number of carbonyl (C=O) groups excluding carboxylic acids is 1. The van der Waals surface area contributed by atoms with E-state index in [2.05, 4.69) is 5.32 Å². The molecule has 0 saturated heterocycles. The van der Waals surface area contributed by atoms with Crippen LogP contribution in [0.25, 0.3) is 0 Å². The van der Waals surface area contributed by atoms with E-state index in [0.29, 0.717) is 22.9 Å². The molecule has 0 fully saturated rings. The summed E-state index contributed by atoms with van der Waals surface area (Å²) >= 11 is 0. The molecule has 0 spiro atoms. The summed E-state index contributed by atoms with van der Waals surface area (Å²) in [5, 5.41) is 2.66. The van der Waals surface area contributed by atoms with Crippen LogP contribution >= 0.6 is 0 Å². The molecule has 2 aromatic rings. The van der Waals surface area contributed by atoms with Gasteiger partial charge in [-0.3, -0.25) is 5.32 Å². The van der Waals surface area contributed by atoms with Gasteiger partial charge in [0.05, 0.1) is 0 Å². The summed E-state index contributed by atoms with van der Waals surface area (Å²) in [5.74, 6) is 1.36. The van der Waals surface area contributed by atoms with Crippen molar-refractivity contribution in [2.75, 3.05) is 11.1 Å². The third kappa shape index (κ3) is 5.01. The summed E-state index contributed by atoms with van der Waals surface area (Å²) in [7, 11) is 0. The molecule has 0 bridgehead atoms. The van der Waals surface area contributed by atoms with E-state index in [4.69, 9.17) is 15.2 Å². The van der Waals surface area contributed by atoms with Gasteiger partial charge in [-0.25, -0.2) is 4.79 Å². The molecular formula is C17H20N2O3. The number of nitrogen functional groups attached to an aromatic ring is 1. The second-order valence-electron chi connectivity index (χ2n) is 5.82. The highest BCUT2D eigenvalue weighted by Gasteiger charge is 2.16. The molecule has 0 aromatic heterocycles. The second kappa shape index (κ2) is 6.39. The van der Waals surface area contributed by atoms with Crippen LogP contribution in [0.3, 0.4) is 0 Å². The van der Waals surface area contributed by atoms with Gasteiger partial charge in [-0.05, 0) is 69.3 Å². The number of hydrogen-bond acceptors (Lipinski definition) is 4. The van der Waals surface area contributed by atoms with Gasteiger partial charge in [0.15, 0.2) is 0 Å². The first-order valence-electron chi connectivity index (χ1n) is 6.95. The zero-order valence-electron chi connectivity index (χ0n) is 12.9. The van der Waals surface area contributed by atoms with Crippen LogP contribution < -0.4 is 15.8 Å². The predicted molar refractivity (Wildman–Crippen MR) is 87.2 cm³/mol. The van der Waals surface area contributed by atoms with Gasteiger partial charge in [0.25, 0.3) is 0 Å². The van der Waals surface area contributed by atoms with Crippen molar-refractivity contribution >= 4 is 17.5 Å². The Bertz CT molecular complexity index is 628. The van der Waals surface area contributed by atoms with Crippen LogP contribution in [0.5, 0.6) is 11.5 Å². The lowest BCUT2D eigenvalue weighted by molar-refractivity contribution is 0.0636. The topological polar surface area (TPSA) is 73.6 Å². The van der Waals surface area contributed by atoms with E-state index in [-0.39, 0.29) is 0 Å². The summed E-state index contributed by atoms with van der Waals surface area (Å²) in [4.78, 5) is 11.7. The van der Waals surface area contributed by atoms with Gasteiger partial charge in [0.2, 0.25) is 0 Å². The number of rotatable bonds is 3. The Morgan fingerprint density at radius 2 is 1.45 bits per heavy atom. The van der Waals surface area contributed by atoms with Crippen LogP contribution in [0.15, 0.2) is 48.5 Å². The molecule has 2 aromatic carbocycles. The maximum absolute atomic E-state index is 11.7. The fourth-order valence-electron chi connectivity index (χ4n) is 1.70. The van der Waals surface area contributed by atoms with E-state index in [1.165, 1.54) is 0 Å². The van der Waals surface area contributed by atoms with Crippen LogP contribution in [0.4, 0.5) is 16.2 Å². The molecule has 0 aliphatic rings. The molecule has 1 amide bonds. The molecule has 5 heteroatoms. The number of amides is 1. The molecule has 0 aliphatic carbocycles. The molecule has 0 unspecified atom stereocenters. The SMILES string of the molecule is CC(C)(C)OC(=O)Nc1ccc(Oc2ccc(N)cc2)cc1.